The lowest BCUT2D eigenvalue weighted by Gasteiger charge is -2.10. The standard InChI is InChI=1S/C18H16F2N2/c1-11(2)17-15(13-9-6-10-14(19)16(13)20)18(22-21-17)12-7-4-3-5-8-12/h3-11H,1-2H3,(H,21,22). The molecule has 0 bridgehead atoms. The predicted molar refractivity (Wildman–Crippen MR) is 83.5 cm³/mol. The van der Waals surface area contributed by atoms with Crippen molar-refractivity contribution in [3.05, 3.63) is 65.9 Å². The molecule has 22 heavy (non-hydrogen) atoms. The summed E-state index contributed by atoms with van der Waals surface area (Å²) >= 11 is 0. The zero-order chi connectivity index (χ0) is 15.7. The van der Waals surface area contributed by atoms with E-state index in [1.807, 2.05) is 44.2 Å². The van der Waals surface area contributed by atoms with E-state index in [4.69, 9.17) is 0 Å². The average molecular weight is 298 g/mol. The van der Waals surface area contributed by atoms with Gasteiger partial charge in [-0.15, -0.1) is 0 Å². The molecule has 1 N–H and O–H groups in total. The first-order valence-electron chi connectivity index (χ1n) is 7.17. The Morgan fingerprint density at radius 3 is 2.36 bits per heavy atom. The molecule has 0 amide bonds. The van der Waals surface area contributed by atoms with Crippen molar-refractivity contribution in [2.24, 2.45) is 0 Å². The Kier molecular flexibility index (Phi) is 3.75. The lowest BCUT2D eigenvalue weighted by molar-refractivity contribution is 0.511. The van der Waals surface area contributed by atoms with Gasteiger partial charge in [0, 0.05) is 22.4 Å². The van der Waals surface area contributed by atoms with Crippen LogP contribution in [0.1, 0.15) is 25.5 Å². The minimum atomic E-state index is -0.854. The van der Waals surface area contributed by atoms with Gasteiger partial charge in [-0.2, -0.15) is 5.10 Å². The quantitative estimate of drug-likeness (QED) is 0.712. The average Bonchev–Trinajstić information content (AvgIpc) is 2.96. The van der Waals surface area contributed by atoms with Crippen LogP contribution in [0.5, 0.6) is 0 Å². The van der Waals surface area contributed by atoms with E-state index in [1.165, 1.54) is 6.07 Å². The summed E-state index contributed by atoms with van der Waals surface area (Å²) in [6.07, 6.45) is 0. The molecule has 112 valence electrons. The van der Waals surface area contributed by atoms with Crippen molar-refractivity contribution in [1.29, 1.82) is 0 Å². The zero-order valence-electron chi connectivity index (χ0n) is 12.4. The summed E-state index contributed by atoms with van der Waals surface area (Å²) in [6, 6.07) is 13.7. The number of hydrogen-bond donors (Lipinski definition) is 1. The van der Waals surface area contributed by atoms with Crippen LogP contribution in [-0.4, -0.2) is 10.2 Å². The first-order valence-corrected chi connectivity index (χ1v) is 7.17. The van der Waals surface area contributed by atoms with Gasteiger partial charge in [0.05, 0.1) is 0 Å². The smallest absolute Gasteiger partial charge is 0.166 e. The van der Waals surface area contributed by atoms with E-state index >= 15 is 0 Å². The maximum absolute atomic E-state index is 14.3. The van der Waals surface area contributed by atoms with Crippen molar-refractivity contribution < 1.29 is 8.78 Å². The molecule has 0 fully saturated rings. The van der Waals surface area contributed by atoms with E-state index in [0.29, 0.717) is 11.3 Å². The SMILES string of the molecule is CC(C)c1[nH]nc(-c2ccccc2)c1-c1cccc(F)c1F. The fourth-order valence-electron chi connectivity index (χ4n) is 2.55. The van der Waals surface area contributed by atoms with Crippen LogP contribution in [0.4, 0.5) is 8.78 Å². The number of nitrogens with zero attached hydrogens (tertiary/aromatic N) is 1. The minimum absolute atomic E-state index is 0.114. The normalized spacial score (nSPS) is 11.1. The van der Waals surface area contributed by atoms with Gasteiger partial charge in [0.1, 0.15) is 5.69 Å². The lowest BCUT2D eigenvalue weighted by atomic mass is 9.94. The third-order valence-corrected chi connectivity index (χ3v) is 3.64. The number of halogens is 2. The Balaban J connectivity index is 2.29. The van der Waals surface area contributed by atoms with E-state index in [1.54, 1.807) is 6.07 Å². The number of aromatic amines is 1. The first-order chi connectivity index (χ1) is 10.6. The van der Waals surface area contributed by atoms with Crippen LogP contribution >= 0.6 is 0 Å². The van der Waals surface area contributed by atoms with Crippen molar-refractivity contribution in [2.45, 2.75) is 19.8 Å². The highest BCUT2D eigenvalue weighted by molar-refractivity contribution is 5.83. The third kappa shape index (κ3) is 2.41. The molecule has 2 aromatic carbocycles. The number of nitrogens with one attached hydrogen (secondary N) is 1. The molecular formula is C18H16F2N2. The zero-order valence-corrected chi connectivity index (χ0v) is 12.4. The Bertz CT molecular complexity index is 792. The van der Waals surface area contributed by atoms with Gasteiger partial charge in [-0.3, -0.25) is 5.10 Å². The molecule has 0 spiro atoms. The van der Waals surface area contributed by atoms with E-state index in [2.05, 4.69) is 10.2 Å². The van der Waals surface area contributed by atoms with Gasteiger partial charge in [0.25, 0.3) is 0 Å². The predicted octanol–water partition coefficient (Wildman–Crippen LogP) is 5.15. The summed E-state index contributed by atoms with van der Waals surface area (Å²) in [4.78, 5) is 0. The van der Waals surface area contributed by atoms with Crippen LogP contribution in [0.25, 0.3) is 22.4 Å². The van der Waals surface area contributed by atoms with Crippen LogP contribution in [0.15, 0.2) is 48.5 Å². The lowest BCUT2D eigenvalue weighted by Crippen LogP contribution is -1.95. The summed E-state index contributed by atoms with van der Waals surface area (Å²) in [5.41, 5.74) is 3.15. The Labute approximate surface area is 127 Å². The Morgan fingerprint density at radius 2 is 1.68 bits per heavy atom. The number of benzene rings is 2. The largest absolute Gasteiger partial charge is 0.281 e. The molecule has 2 nitrogen and oxygen atoms in total. The molecule has 0 atom stereocenters. The Morgan fingerprint density at radius 1 is 0.955 bits per heavy atom. The Hall–Kier alpha value is -2.49. The van der Waals surface area contributed by atoms with Gasteiger partial charge >= 0.3 is 0 Å². The number of hydrogen-bond acceptors (Lipinski definition) is 1. The molecule has 0 aliphatic rings. The fraction of sp³-hybridized carbons (Fsp3) is 0.167. The minimum Gasteiger partial charge on any atom is -0.281 e. The number of aromatic nitrogens is 2. The highest BCUT2D eigenvalue weighted by atomic mass is 19.2. The number of rotatable bonds is 3. The van der Waals surface area contributed by atoms with Crippen LogP contribution in [-0.2, 0) is 0 Å². The molecule has 4 heteroatoms. The van der Waals surface area contributed by atoms with Gasteiger partial charge in [0.2, 0.25) is 0 Å². The van der Waals surface area contributed by atoms with Crippen molar-refractivity contribution in [1.82, 2.24) is 10.2 Å². The van der Waals surface area contributed by atoms with Gasteiger partial charge in [0.15, 0.2) is 11.6 Å². The van der Waals surface area contributed by atoms with Crippen LogP contribution in [0.2, 0.25) is 0 Å². The van der Waals surface area contributed by atoms with E-state index < -0.39 is 11.6 Å². The molecule has 0 aliphatic carbocycles. The van der Waals surface area contributed by atoms with Gasteiger partial charge in [-0.05, 0) is 12.0 Å². The van der Waals surface area contributed by atoms with E-state index in [-0.39, 0.29) is 11.5 Å². The molecule has 3 aromatic rings. The topological polar surface area (TPSA) is 28.7 Å². The summed E-state index contributed by atoms with van der Waals surface area (Å²) in [6.45, 7) is 3.98. The summed E-state index contributed by atoms with van der Waals surface area (Å²) in [7, 11) is 0. The molecule has 0 radical (unpaired) electrons. The van der Waals surface area contributed by atoms with Crippen molar-refractivity contribution in [2.75, 3.05) is 0 Å². The van der Waals surface area contributed by atoms with Crippen LogP contribution in [0, 0.1) is 11.6 Å². The molecule has 3 rings (SSSR count). The molecule has 1 heterocycles. The molecule has 1 aromatic heterocycles. The fourth-order valence-corrected chi connectivity index (χ4v) is 2.55. The molecule has 0 aliphatic heterocycles. The highest BCUT2D eigenvalue weighted by Crippen LogP contribution is 2.37. The molecule has 0 saturated heterocycles. The van der Waals surface area contributed by atoms with Crippen molar-refractivity contribution in [3.8, 4) is 22.4 Å². The number of H-pyrrole nitrogens is 1. The second kappa shape index (κ2) is 5.72. The van der Waals surface area contributed by atoms with E-state index in [9.17, 15) is 8.78 Å². The molecular weight excluding hydrogens is 282 g/mol. The summed E-state index contributed by atoms with van der Waals surface area (Å²) < 4.78 is 27.9. The third-order valence-electron chi connectivity index (χ3n) is 3.64. The summed E-state index contributed by atoms with van der Waals surface area (Å²) in [5.74, 6) is -1.59. The first kappa shape index (κ1) is 14.4. The van der Waals surface area contributed by atoms with Gasteiger partial charge in [-0.1, -0.05) is 56.3 Å². The second-order valence-corrected chi connectivity index (χ2v) is 5.48. The van der Waals surface area contributed by atoms with Crippen LogP contribution < -0.4 is 0 Å². The van der Waals surface area contributed by atoms with E-state index in [0.717, 1.165) is 17.3 Å². The highest BCUT2D eigenvalue weighted by Gasteiger charge is 2.22. The monoisotopic (exact) mass is 298 g/mol. The molecule has 0 unspecified atom stereocenters. The maximum Gasteiger partial charge on any atom is 0.166 e. The van der Waals surface area contributed by atoms with Crippen LogP contribution in [0.3, 0.4) is 0 Å². The summed E-state index contributed by atoms with van der Waals surface area (Å²) in [5, 5.41) is 7.32. The van der Waals surface area contributed by atoms with Gasteiger partial charge < -0.3 is 0 Å². The molecule has 0 saturated carbocycles. The van der Waals surface area contributed by atoms with Crippen molar-refractivity contribution >= 4 is 0 Å². The second-order valence-electron chi connectivity index (χ2n) is 5.48. The van der Waals surface area contributed by atoms with Crippen molar-refractivity contribution in [3.63, 3.8) is 0 Å². The maximum atomic E-state index is 14.3. The van der Waals surface area contributed by atoms with Gasteiger partial charge in [-0.25, -0.2) is 8.78 Å².